The highest BCUT2D eigenvalue weighted by Gasteiger charge is 2.07. The monoisotopic (exact) mass is 203 g/mol. The van der Waals surface area contributed by atoms with Gasteiger partial charge in [0.1, 0.15) is 0 Å². The zero-order valence-electron chi connectivity index (χ0n) is 8.30. The minimum Gasteiger partial charge on any atom is -0.392 e. The molecule has 1 aromatic carbocycles. The van der Waals surface area contributed by atoms with Crippen molar-refractivity contribution in [1.29, 1.82) is 0 Å². The van der Waals surface area contributed by atoms with Gasteiger partial charge in [0.2, 0.25) is 0 Å². The number of para-hydroxylation sites is 1. The third-order valence-corrected chi connectivity index (χ3v) is 2.41. The van der Waals surface area contributed by atoms with Crippen molar-refractivity contribution < 1.29 is 10.2 Å². The topological polar surface area (TPSA) is 45.4 Å². The van der Waals surface area contributed by atoms with Crippen LogP contribution < -0.4 is 0 Å². The van der Waals surface area contributed by atoms with Crippen molar-refractivity contribution in [2.45, 2.75) is 13.2 Å². The van der Waals surface area contributed by atoms with E-state index in [1.807, 2.05) is 47.3 Å². The standard InChI is InChI=1S/C12H13NO2/c14-8-10-4-3-5-11(9-15)12(10)13-6-1-2-7-13/h1-7,14-15H,8-9H2. The van der Waals surface area contributed by atoms with E-state index in [1.54, 1.807) is 0 Å². The Morgan fingerprint density at radius 3 is 1.87 bits per heavy atom. The summed E-state index contributed by atoms with van der Waals surface area (Å²) >= 11 is 0. The summed E-state index contributed by atoms with van der Waals surface area (Å²) in [7, 11) is 0. The minimum absolute atomic E-state index is 0.0264. The first kappa shape index (κ1) is 9.96. The Morgan fingerprint density at radius 2 is 1.40 bits per heavy atom. The van der Waals surface area contributed by atoms with Crippen LogP contribution in [0.2, 0.25) is 0 Å². The van der Waals surface area contributed by atoms with E-state index in [2.05, 4.69) is 0 Å². The Bertz CT molecular complexity index is 413. The van der Waals surface area contributed by atoms with Crippen LogP contribution >= 0.6 is 0 Å². The first-order valence-corrected chi connectivity index (χ1v) is 4.82. The van der Waals surface area contributed by atoms with Gasteiger partial charge in [0.05, 0.1) is 18.9 Å². The molecule has 0 saturated heterocycles. The first-order valence-electron chi connectivity index (χ1n) is 4.82. The van der Waals surface area contributed by atoms with E-state index in [1.165, 1.54) is 0 Å². The Hall–Kier alpha value is -1.58. The average Bonchev–Trinajstić information content (AvgIpc) is 2.81. The van der Waals surface area contributed by atoms with Crippen molar-refractivity contribution in [2.24, 2.45) is 0 Å². The highest BCUT2D eigenvalue weighted by molar-refractivity contribution is 5.48. The first-order chi connectivity index (χ1) is 7.36. The fourth-order valence-electron chi connectivity index (χ4n) is 1.71. The van der Waals surface area contributed by atoms with Crippen LogP contribution in [0.1, 0.15) is 11.1 Å². The van der Waals surface area contributed by atoms with Crippen LogP contribution in [-0.2, 0) is 13.2 Å². The molecule has 1 aromatic heterocycles. The van der Waals surface area contributed by atoms with Crippen molar-refractivity contribution >= 4 is 0 Å². The zero-order chi connectivity index (χ0) is 10.7. The van der Waals surface area contributed by atoms with E-state index in [0.29, 0.717) is 0 Å². The highest BCUT2D eigenvalue weighted by atomic mass is 16.3. The van der Waals surface area contributed by atoms with Gasteiger partial charge >= 0.3 is 0 Å². The molecule has 0 saturated carbocycles. The van der Waals surface area contributed by atoms with E-state index < -0.39 is 0 Å². The molecule has 0 unspecified atom stereocenters. The number of aromatic nitrogens is 1. The van der Waals surface area contributed by atoms with E-state index >= 15 is 0 Å². The fourth-order valence-corrected chi connectivity index (χ4v) is 1.71. The summed E-state index contributed by atoms with van der Waals surface area (Å²) in [6.45, 7) is -0.0529. The number of nitrogens with zero attached hydrogens (tertiary/aromatic N) is 1. The molecular weight excluding hydrogens is 190 g/mol. The van der Waals surface area contributed by atoms with Crippen molar-refractivity contribution in [3.05, 3.63) is 53.9 Å². The van der Waals surface area contributed by atoms with Gasteiger partial charge in [-0.3, -0.25) is 0 Å². The van der Waals surface area contributed by atoms with Crippen LogP contribution in [0, 0.1) is 0 Å². The molecule has 2 aromatic rings. The molecule has 1 heterocycles. The highest BCUT2D eigenvalue weighted by Crippen LogP contribution is 2.20. The second kappa shape index (κ2) is 4.29. The van der Waals surface area contributed by atoms with Crippen LogP contribution in [0.15, 0.2) is 42.7 Å². The van der Waals surface area contributed by atoms with Gasteiger partial charge in [0.15, 0.2) is 0 Å². The summed E-state index contributed by atoms with van der Waals surface area (Å²) < 4.78 is 1.90. The Kier molecular flexibility index (Phi) is 2.85. The molecule has 78 valence electrons. The molecule has 15 heavy (non-hydrogen) atoms. The number of hydrogen-bond acceptors (Lipinski definition) is 2. The summed E-state index contributed by atoms with van der Waals surface area (Å²) in [5.41, 5.74) is 2.50. The molecule has 0 radical (unpaired) electrons. The van der Waals surface area contributed by atoms with Gasteiger partial charge in [-0.25, -0.2) is 0 Å². The lowest BCUT2D eigenvalue weighted by atomic mass is 10.1. The SMILES string of the molecule is OCc1cccc(CO)c1-n1cccc1. The van der Waals surface area contributed by atoms with Gasteiger partial charge in [0, 0.05) is 23.5 Å². The normalized spacial score (nSPS) is 10.5. The summed E-state index contributed by atoms with van der Waals surface area (Å²) in [6, 6.07) is 9.37. The van der Waals surface area contributed by atoms with E-state index in [9.17, 15) is 10.2 Å². The average molecular weight is 203 g/mol. The minimum atomic E-state index is -0.0264. The molecule has 0 aliphatic heterocycles. The largest absolute Gasteiger partial charge is 0.392 e. The zero-order valence-corrected chi connectivity index (χ0v) is 8.30. The lowest BCUT2D eigenvalue weighted by Gasteiger charge is -2.13. The summed E-state index contributed by atoms with van der Waals surface area (Å²) in [4.78, 5) is 0. The predicted molar refractivity (Wildman–Crippen MR) is 57.6 cm³/mol. The van der Waals surface area contributed by atoms with Crippen molar-refractivity contribution in [2.75, 3.05) is 0 Å². The maximum Gasteiger partial charge on any atom is 0.0702 e. The maximum atomic E-state index is 9.24. The molecule has 0 aliphatic rings. The van der Waals surface area contributed by atoms with Gasteiger partial charge in [-0.1, -0.05) is 18.2 Å². The van der Waals surface area contributed by atoms with Crippen LogP contribution in [0.5, 0.6) is 0 Å². The molecule has 3 nitrogen and oxygen atoms in total. The van der Waals surface area contributed by atoms with Gasteiger partial charge in [-0.15, -0.1) is 0 Å². The number of aliphatic hydroxyl groups is 2. The summed E-state index contributed by atoms with van der Waals surface area (Å²) in [5, 5.41) is 18.5. The molecule has 0 fully saturated rings. The quantitative estimate of drug-likeness (QED) is 0.793. The molecule has 0 spiro atoms. The Morgan fingerprint density at radius 1 is 0.867 bits per heavy atom. The fraction of sp³-hybridized carbons (Fsp3) is 0.167. The van der Waals surface area contributed by atoms with Gasteiger partial charge in [0.25, 0.3) is 0 Å². The second-order valence-electron chi connectivity index (χ2n) is 3.33. The van der Waals surface area contributed by atoms with Gasteiger partial charge in [-0.05, 0) is 12.1 Å². The summed E-state index contributed by atoms with van der Waals surface area (Å²) in [6.07, 6.45) is 3.79. The van der Waals surface area contributed by atoms with Crippen molar-refractivity contribution in [1.82, 2.24) is 4.57 Å². The molecule has 3 heteroatoms. The van der Waals surface area contributed by atoms with Gasteiger partial charge in [-0.2, -0.15) is 0 Å². The molecule has 0 amide bonds. The third kappa shape index (κ3) is 1.79. The van der Waals surface area contributed by atoms with Gasteiger partial charge < -0.3 is 14.8 Å². The van der Waals surface area contributed by atoms with Crippen LogP contribution in [0.25, 0.3) is 5.69 Å². The number of benzene rings is 1. The molecule has 0 aliphatic carbocycles. The molecule has 0 atom stereocenters. The molecule has 0 bridgehead atoms. The number of hydrogen-bond donors (Lipinski definition) is 2. The smallest absolute Gasteiger partial charge is 0.0702 e. The van der Waals surface area contributed by atoms with Crippen molar-refractivity contribution in [3.63, 3.8) is 0 Å². The lowest BCUT2D eigenvalue weighted by Crippen LogP contribution is -2.02. The molecular formula is C12H13NO2. The van der Waals surface area contributed by atoms with Crippen LogP contribution in [0.4, 0.5) is 0 Å². The Balaban J connectivity index is 2.61. The molecule has 2 rings (SSSR count). The molecule has 2 N–H and O–H groups in total. The number of rotatable bonds is 3. The van der Waals surface area contributed by atoms with Crippen molar-refractivity contribution in [3.8, 4) is 5.69 Å². The Labute approximate surface area is 88.2 Å². The maximum absolute atomic E-state index is 9.24. The van der Waals surface area contributed by atoms with E-state index in [4.69, 9.17) is 0 Å². The lowest BCUT2D eigenvalue weighted by molar-refractivity contribution is 0.275. The number of aliphatic hydroxyl groups excluding tert-OH is 2. The summed E-state index contributed by atoms with van der Waals surface area (Å²) in [5.74, 6) is 0. The third-order valence-electron chi connectivity index (χ3n) is 2.41. The van der Waals surface area contributed by atoms with E-state index in [0.717, 1.165) is 16.8 Å². The second-order valence-corrected chi connectivity index (χ2v) is 3.33. The van der Waals surface area contributed by atoms with Crippen LogP contribution in [0.3, 0.4) is 0 Å². The van der Waals surface area contributed by atoms with E-state index in [-0.39, 0.29) is 13.2 Å². The predicted octanol–water partition coefficient (Wildman–Crippen LogP) is 1.46. The van der Waals surface area contributed by atoms with Crippen LogP contribution in [-0.4, -0.2) is 14.8 Å².